The molecule has 0 aromatic heterocycles. The summed E-state index contributed by atoms with van der Waals surface area (Å²) in [7, 11) is 0. The van der Waals surface area contributed by atoms with Crippen molar-refractivity contribution in [3.8, 4) is 0 Å². The zero-order chi connectivity index (χ0) is 19.7. The number of rotatable bonds is 4. The van der Waals surface area contributed by atoms with Crippen LogP contribution in [-0.4, -0.2) is 23.6 Å². The molecule has 2 atom stereocenters. The molecule has 2 aromatic carbocycles. The Morgan fingerprint density at radius 3 is 2.63 bits per heavy atom. The molecule has 7 heteroatoms. The van der Waals surface area contributed by atoms with Crippen molar-refractivity contribution in [3.63, 3.8) is 0 Å². The van der Waals surface area contributed by atoms with Crippen molar-refractivity contribution in [3.05, 3.63) is 63.4 Å². The Hall–Kier alpha value is -2.44. The Bertz CT molecular complexity index is 915. The van der Waals surface area contributed by atoms with Gasteiger partial charge in [0.15, 0.2) is 0 Å². The highest BCUT2D eigenvalue weighted by Gasteiger charge is 2.35. The maximum absolute atomic E-state index is 13.8. The number of nitrogens with one attached hydrogen (secondary N) is 1. The lowest BCUT2D eigenvalue weighted by Gasteiger charge is -2.20. The number of hydrogen-bond acceptors (Lipinski definition) is 3. The topological polar surface area (TPSA) is 75.6 Å². The number of carboxylic acids is 1. The number of carbonyl (C=O) groups excluding carboxylic acids is 1. The summed E-state index contributed by atoms with van der Waals surface area (Å²) in [5, 5.41) is 12.1. The van der Waals surface area contributed by atoms with Crippen LogP contribution < -0.4 is 5.32 Å². The number of carboxylic acid groups (broad SMARTS) is 1. The first-order valence-corrected chi connectivity index (χ1v) is 8.87. The van der Waals surface area contributed by atoms with Crippen molar-refractivity contribution in [1.82, 2.24) is 0 Å². The Balaban J connectivity index is 1.84. The van der Waals surface area contributed by atoms with Crippen molar-refractivity contribution in [1.29, 1.82) is 0 Å². The van der Waals surface area contributed by atoms with Crippen molar-refractivity contribution in [2.24, 2.45) is 5.92 Å². The average molecular weight is 392 g/mol. The number of hydrogen-bond donors (Lipinski definition) is 2. The lowest BCUT2D eigenvalue weighted by Crippen LogP contribution is -2.26. The maximum atomic E-state index is 13.8. The fourth-order valence-corrected chi connectivity index (χ4v) is 3.44. The summed E-state index contributed by atoms with van der Waals surface area (Å²) < 4.78 is 19.4. The van der Waals surface area contributed by atoms with Crippen LogP contribution in [0, 0.1) is 25.6 Å². The minimum absolute atomic E-state index is 0.00855. The van der Waals surface area contributed by atoms with E-state index in [0.717, 1.165) is 5.56 Å². The maximum Gasteiger partial charge on any atom is 0.336 e. The van der Waals surface area contributed by atoms with Crippen molar-refractivity contribution in [2.75, 3.05) is 11.9 Å². The number of aromatic carboxylic acids is 1. The van der Waals surface area contributed by atoms with Gasteiger partial charge in [-0.05, 0) is 55.2 Å². The SMILES string of the molecule is Cc1cc(C)c(C(=O)O)cc1NC(=O)[C@@H]1CCO[C@H]1c1ccc(Cl)c(F)c1. The number of halogens is 2. The van der Waals surface area contributed by atoms with E-state index in [1.165, 1.54) is 18.2 Å². The van der Waals surface area contributed by atoms with Crippen molar-refractivity contribution in [2.45, 2.75) is 26.4 Å². The molecule has 3 rings (SSSR count). The number of aryl methyl sites for hydroxylation is 2. The lowest BCUT2D eigenvalue weighted by molar-refractivity contribution is -0.121. The second kappa shape index (κ2) is 7.66. The molecule has 0 radical (unpaired) electrons. The number of amides is 1. The molecule has 142 valence electrons. The minimum atomic E-state index is -1.05. The van der Waals surface area contributed by atoms with Crippen LogP contribution >= 0.6 is 11.6 Å². The standard InChI is InChI=1S/C20H19ClFNO4/c1-10-7-11(2)17(9-14(10)20(25)26)23-19(24)13-5-6-27-18(13)12-3-4-15(21)16(22)8-12/h3-4,7-9,13,18H,5-6H2,1-2H3,(H,23,24)(H,25,26)/t13-,18+/m1/s1. The fourth-order valence-electron chi connectivity index (χ4n) is 3.32. The van der Waals surface area contributed by atoms with E-state index in [2.05, 4.69) is 5.32 Å². The third-order valence-corrected chi connectivity index (χ3v) is 5.07. The van der Waals surface area contributed by atoms with E-state index in [9.17, 15) is 19.1 Å². The molecular weight excluding hydrogens is 373 g/mol. The van der Waals surface area contributed by atoms with Crippen LogP contribution in [0.2, 0.25) is 5.02 Å². The molecule has 0 bridgehead atoms. The highest BCUT2D eigenvalue weighted by atomic mass is 35.5. The van der Waals surface area contributed by atoms with Crippen LogP contribution in [0.1, 0.15) is 39.6 Å². The number of carbonyl (C=O) groups is 2. The zero-order valence-electron chi connectivity index (χ0n) is 14.9. The normalized spacial score (nSPS) is 19.1. The van der Waals surface area contributed by atoms with E-state index < -0.39 is 23.8 Å². The largest absolute Gasteiger partial charge is 0.478 e. The highest BCUT2D eigenvalue weighted by Crippen LogP contribution is 2.36. The van der Waals surface area contributed by atoms with Crippen LogP contribution in [0.15, 0.2) is 30.3 Å². The van der Waals surface area contributed by atoms with E-state index in [-0.39, 0.29) is 16.5 Å². The summed E-state index contributed by atoms with van der Waals surface area (Å²) >= 11 is 5.72. The average Bonchev–Trinajstić information content (AvgIpc) is 3.09. The first-order chi connectivity index (χ1) is 12.8. The molecule has 1 saturated heterocycles. The molecule has 0 unspecified atom stereocenters. The predicted molar refractivity (Wildman–Crippen MR) is 99.7 cm³/mol. The Labute approximate surface area is 161 Å². The van der Waals surface area contributed by atoms with Crippen LogP contribution in [0.3, 0.4) is 0 Å². The van der Waals surface area contributed by atoms with Crippen LogP contribution in [0.4, 0.5) is 10.1 Å². The molecule has 1 heterocycles. The molecule has 27 heavy (non-hydrogen) atoms. The van der Waals surface area contributed by atoms with Crippen LogP contribution in [-0.2, 0) is 9.53 Å². The minimum Gasteiger partial charge on any atom is -0.478 e. The van der Waals surface area contributed by atoms with Gasteiger partial charge in [-0.25, -0.2) is 9.18 Å². The summed E-state index contributed by atoms with van der Waals surface area (Å²) in [5.74, 6) is -2.43. The molecule has 1 fully saturated rings. The third-order valence-electron chi connectivity index (χ3n) is 4.76. The molecular formula is C20H19ClFNO4. The second-order valence-corrected chi connectivity index (χ2v) is 7.04. The van der Waals surface area contributed by atoms with E-state index in [1.54, 1.807) is 26.0 Å². The van der Waals surface area contributed by atoms with E-state index in [1.807, 2.05) is 0 Å². The van der Waals surface area contributed by atoms with Gasteiger partial charge in [0.25, 0.3) is 0 Å². The van der Waals surface area contributed by atoms with Gasteiger partial charge in [-0.15, -0.1) is 0 Å². The Morgan fingerprint density at radius 1 is 1.22 bits per heavy atom. The fraction of sp³-hybridized carbons (Fsp3) is 0.300. The van der Waals surface area contributed by atoms with Gasteiger partial charge < -0.3 is 15.2 Å². The van der Waals surface area contributed by atoms with Crippen LogP contribution in [0.5, 0.6) is 0 Å². The molecule has 0 spiro atoms. The molecule has 0 aliphatic carbocycles. The predicted octanol–water partition coefficient (Wildman–Crippen LogP) is 4.51. The first kappa shape index (κ1) is 19.3. The number of anilines is 1. The monoisotopic (exact) mass is 391 g/mol. The van der Waals surface area contributed by atoms with Gasteiger partial charge in [-0.2, -0.15) is 0 Å². The summed E-state index contributed by atoms with van der Waals surface area (Å²) in [6.45, 7) is 3.88. The molecule has 1 amide bonds. The van der Waals surface area contributed by atoms with E-state index >= 15 is 0 Å². The summed E-state index contributed by atoms with van der Waals surface area (Å²) in [6.07, 6.45) is -0.0984. The van der Waals surface area contributed by atoms with Gasteiger partial charge in [0.2, 0.25) is 5.91 Å². The molecule has 2 N–H and O–H groups in total. The van der Waals surface area contributed by atoms with Gasteiger partial charge in [0.05, 0.1) is 22.6 Å². The summed E-state index contributed by atoms with van der Waals surface area (Å²) in [6, 6.07) is 7.53. The Morgan fingerprint density at radius 2 is 1.96 bits per heavy atom. The van der Waals surface area contributed by atoms with Crippen LogP contribution in [0.25, 0.3) is 0 Å². The zero-order valence-corrected chi connectivity index (χ0v) is 15.6. The Kier molecular flexibility index (Phi) is 5.48. The molecule has 2 aromatic rings. The molecule has 1 aliphatic heterocycles. The highest BCUT2D eigenvalue weighted by molar-refractivity contribution is 6.30. The number of benzene rings is 2. The van der Waals surface area contributed by atoms with Crippen molar-refractivity contribution >= 4 is 29.2 Å². The van der Waals surface area contributed by atoms with Crippen molar-refractivity contribution < 1.29 is 23.8 Å². The van der Waals surface area contributed by atoms with E-state index in [0.29, 0.717) is 29.8 Å². The smallest absolute Gasteiger partial charge is 0.336 e. The summed E-state index contributed by atoms with van der Waals surface area (Å²) in [4.78, 5) is 24.2. The number of ether oxygens (including phenoxy) is 1. The molecule has 5 nitrogen and oxygen atoms in total. The first-order valence-electron chi connectivity index (χ1n) is 8.50. The van der Waals surface area contributed by atoms with Gasteiger partial charge >= 0.3 is 5.97 Å². The van der Waals surface area contributed by atoms with Gasteiger partial charge in [0, 0.05) is 12.3 Å². The summed E-state index contributed by atoms with van der Waals surface area (Å²) in [5.41, 5.74) is 2.50. The molecule has 0 saturated carbocycles. The van der Waals surface area contributed by atoms with Gasteiger partial charge in [-0.3, -0.25) is 4.79 Å². The van der Waals surface area contributed by atoms with Gasteiger partial charge in [0.1, 0.15) is 5.82 Å². The second-order valence-electron chi connectivity index (χ2n) is 6.64. The molecule has 1 aliphatic rings. The lowest BCUT2D eigenvalue weighted by atomic mass is 9.94. The van der Waals surface area contributed by atoms with Gasteiger partial charge in [-0.1, -0.05) is 23.7 Å². The quantitative estimate of drug-likeness (QED) is 0.804. The third kappa shape index (κ3) is 3.96. The van der Waals surface area contributed by atoms with E-state index in [4.69, 9.17) is 16.3 Å².